The molecule has 0 bridgehead atoms. The largest absolute Gasteiger partial charge is 0.507 e. The van der Waals surface area contributed by atoms with Gasteiger partial charge in [-0.3, -0.25) is 0 Å². The molecule has 0 unspecified atom stereocenters. The molecule has 1 N–H and O–H groups in total. The number of aromatic hydroxyl groups is 1. The van der Waals surface area contributed by atoms with Gasteiger partial charge in [-0.05, 0) is 37.3 Å². The van der Waals surface area contributed by atoms with Gasteiger partial charge < -0.3 is 9.84 Å². The number of pyridine rings is 1. The fourth-order valence-corrected chi connectivity index (χ4v) is 2.10. The third-order valence-corrected chi connectivity index (χ3v) is 3.04. The quantitative estimate of drug-likeness (QED) is 0.764. The van der Waals surface area contributed by atoms with Crippen LogP contribution in [0.1, 0.15) is 5.69 Å². The van der Waals surface area contributed by atoms with Crippen LogP contribution in [-0.4, -0.2) is 27.0 Å². The van der Waals surface area contributed by atoms with Gasteiger partial charge in [0.05, 0.1) is 23.9 Å². The molecule has 0 aliphatic carbocycles. The number of fused-ring (bicyclic) bond motifs is 1. The summed E-state index contributed by atoms with van der Waals surface area (Å²) in [5.41, 5.74) is 2.26. The van der Waals surface area contributed by atoms with Crippen LogP contribution in [-0.2, 0) is 0 Å². The van der Waals surface area contributed by atoms with Crippen LogP contribution in [0.25, 0.3) is 16.7 Å². The Labute approximate surface area is 110 Å². The number of nitrogens with zero attached hydrogens (tertiary/aromatic N) is 3. The van der Waals surface area contributed by atoms with E-state index in [-0.39, 0.29) is 5.75 Å². The van der Waals surface area contributed by atoms with E-state index in [0.717, 1.165) is 17.1 Å². The fourth-order valence-electron chi connectivity index (χ4n) is 2.10. The van der Waals surface area contributed by atoms with E-state index in [1.807, 2.05) is 31.2 Å². The van der Waals surface area contributed by atoms with Gasteiger partial charge in [0.2, 0.25) is 0 Å². The van der Waals surface area contributed by atoms with Crippen molar-refractivity contribution in [3.63, 3.8) is 0 Å². The Morgan fingerprint density at radius 2 is 1.89 bits per heavy atom. The zero-order chi connectivity index (χ0) is 13.4. The number of methoxy groups -OCH3 is 1. The summed E-state index contributed by atoms with van der Waals surface area (Å²) < 4.78 is 6.84. The number of aryl methyl sites for hydroxylation is 1. The Morgan fingerprint density at radius 1 is 1.16 bits per heavy atom. The lowest BCUT2D eigenvalue weighted by atomic mass is 10.2. The highest BCUT2D eigenvalue weighted by Crippen LogP contribution is 2.27. The van der Waals surface area contributed by atoms with Crippen molar-refractivity contribution in [2.75, 3.05) is 7.11 Å². The summed E-state index contributed by atoms with van der Waals surface area (Å²) in [6.07, 6.45) is 1.57. The van der Waals surface area contributed by atoms with Gasteiger partial charge in [0, 0.05) is 6.20 Å². The van der Waals surface area contributed by atoms with Crippen LogP contribution in [0.15, 0.2) is 36.5 Å². The van der Waals surface area contributed by atoms with Gasteiger partial charge in [-0.1, -0.05) is 0 Å². The topological polar surface area (TPSA) is 60.2 Å². The molecule has 1 aromatic carbocycles. The summed E-state index contributed by atoms with van der Waals surface area (Å²) in [4.78, 5) is 4.29. The van der Waals surface area contributed by atoms with E-state index in [0.29, 0.717) is 11.0 Å². The minimum atomic E-state index is 0.197. The van der Waals surface area contributed by atoms with Gasteiger partial charge in [-0.15, -0.1) is 0 Å². The van der Waals surface area contributed by atoms with Crippen LogP contribution in [0.5, 0.6) is 11.5 Å². The van der Waals surface area contributed by atoms with E-state index in [9.17, 15) is 5.11 Å². The predicted octanol–water partition coefficient (Wildman–Crippen LogP) is 2.44. The summed E-state index contributed by atoms with van der Waals surface area (Å²) in [6, 6.07) is 9.09. The molecular weight excluding hydrogens is 242 g/mol. The monoisotopic (exact) mass is 255 g/mol. The third kappa shape index (κ3) is 1.79. The molecule has 2 aromatic heterocycles. The highest BCUT2D eigenvalue weighted by atomic mass is 16.5. The minimum absolute atomic E-state index is 0.197. The van der Waals surface area contributed by atoms with Crippen molar-refractivity contribution < 1.29 is 9.84 Å². The predicted molar refractivity (Wildman–Crippen MR) is 71.8 cm³/mol. The molecule has 0 spiro atoms. The van der Waals surface area contributed by atoms with Crippen LogP contribution in [0.3, 0.4) is 0 Å². The smallest absolute Gasteiger partial charge is 0.166 e. The van der Waals surface area contributed by atoms with Crippen LogP contribution in [0.2, 0.25) is 0 Å². The number of ether oxygens (including phenoxy) is 1. The second kappa shape index (κ2) is 4.28. The van der Waals surface area contributed by atoms with Gasteiger partial charge in [-0.25, -0.2) is 9.67 Å². The first-order chi connectivity index (χ1) is 9.20. The van der Waals surface area contributed by atoms with E-state index >= 15 is 0 Å². The molecule has 96 valence electrons. The molecule has 3 rings (SSSR count). The molecule has 0 saturated carbocycles. The molecule has 0 atom stereocenters. The fraction of sp³-hybridized carbons (Fsp3) is 0.143. The molecule has 0 aliphatic rings. The van der Waals surface area contributed by atoms with Crippen molar-refractivity contribution in [1.29, 1.82) is 0 Å². The standard InChI is InChI=1S/C14H13N3O2/c1-9-13-12(18)7-8-15-14(13)17(16-9)10-3-5-11(19-2)6-4-10/h3-8H,1-2H3,(H,15,18). The van der Waals surface area contributed by atoms with E-state index in [4.69, 9.17) is 4.74 Å². The number of benzene rings is 1. The van der Waals surface area contributed by atoms with E-state index in [1.54, 1.807) is 24.1 Å². The Kier molecular flexibility index (Phi) is 2.59. The zero-order valence-electron chi connectivity index (χ0n) is 10.7. The molecule has 19 heavy (non-hydrogen) atoms. The van der Waals surface area contributed by atoms with Gasteiger partial charge in [0.15, 0.2) is 5.65 Å². The molecule has 0 aliphatic heterocycles. The lowest BCUT2D eigenvalue weighted by Gasteiger charge is -2.04. The molecule has 0 radical (unpaired) electrons. The lowest BCUT2D eigenvalue weighted by Crippen LogP contribution is -1.97. The first-order valence-electron chi connectivity index (χ1n) is 5.88. The van der Waals surface area contributed by atoms with Crippen molar-refractivity contribution in [2.24, 2.45) is 0 Å². The molecule has 5 heteroatoms. The molecule has 3 aromatic rings. The highest BCUT2D eigenvalue weighted by molar-refractivity contribution is 5.85. The maximum atomic E-state index is 9.88. The number of hydrogen-bond acceptors (Lipinski definition) is 4. The van der Waals surface area contributed by atoms with E-state index in [2.05, 4.69) is 10.1 Å². The zero-order valence-corrected chi connectivity index (χ0v) is 10.7. The lowest BCUT2D eigenvalue weighted by molar-refractivity contribution is 0.414. The van der Waals surface area contributed by atoms with Crippen molar-refractivity contribution in [1.82, 2.24) is 14.8 Å². The average molecular weight is 255 g/mol. The SMILES string of the molecule is COc1ccc(-n2nc(C)c3c(O)ccnc32)cc1. The van der Waals surface area contributed by atoms with Gasteiger partial charge >= 0.3 is 0 Å². The average Bonchev–Trinajstić information content (AvgIpc) is 2.78. The van der Waals surface area contributed by atoms with E-state index in [1.165, 1.54) is 0 Å². The summed E-state index contributed by atoms with van der Waals surface area (Å²) in [6.45, 7) is 1.85. The highest BCUT2D eigenvalue weighted by Gasteiger charge is 2.13. The summed E-state index contributed by atoms with van der Waals surface area (Å²) in [5.74, 6) is 0.981. The Bertz CT molecular complexity index is 732. The first-order valence-corrected chi connectivity index (χ1v) is 5.88. The molecule has 2 heterocycles. The Morgan fingerprint density at radius 3 is 2.58 bits per heavy atom. The molecule has 0 amide bonds. The second-order valence-electron chi connectivity index (χ2n) is 4.22. The van der Waals surface area contributed by atoms with Crippen molar-refractivity contribution in [3.8, 4) is 17.2 Å². The Hall–Kier alpha value is -2.56. The van der Waals surface area contributed by atoms with Crippen molar-refractivity contribution in [3.05, 3.63) is 42.2 Å². The minimum Gasteiger partial charge on any atom is -0.507 e. The molecule has 5 nitrogen and oxygen atoms in total. The third-order valence-electron chi connectivity index (χ3n) is 3.04. The summed E-state index contributed by atoms with van der Waals surface area (Å²) >= 11 is 0. The molecule has 0 fully saturated rings. The Balaban J connectivity index is 2.22. The van der Waals surface area contributed by atoms with Crippen LogP contribution >= 0.6 is 0 Å². The second-order valence-corrected chi connectivity index (χ2v) is 4.22. The normalized spacial score (nSPS) is 10.8. The van der Waals surface area contributed by atoms with Crippen molar-refractivity contribution >= 4 is 11.0 Å². The van der Waals surface area contributed by atoms with Gasteiger partial charge in [0.25, 0.3) is 0 Å². The van der Waals surface area contributed by atoms with Gasteiger partial charge in [-0.2, -0.15) is 5.10 Å². The maximum absolute atomic E-state index is 9.88. The summed E-state index contributed by atoms with van der Waals surface area (Å²) in [5, 5.41) is 15.0. The van der Waals surface area contributed by atoms with Crippen LogP contribution in [0, 0.1) is 6.92 Å². The first kappa shape index (κ1) is 11.5. The van der Waals surface area contributed by atoms with Crippen LogP contribution < -0.4 is 4.74 Å². The molecule has 0 saturated heterocycles. The molecular formula is C14H13N3O2. The maximum Gasteiger partial charge on any atom is 0.166 e. The van der Waals surface area contributed by atoms with Gasteiger partial charge in [0.1, 0.15) is 11.5 Å². The van der Waals surface area contributed by atoms with Crippen molar-refractivity contribution in [2.45, 2.75) is 6.92 Å². The number of hydrogen-bond donors (Lipinski definition) is 1. The summed E-state index contributed by atoms with van der Waals surface area (Å²) in [7, 11) is 1.63. The van der Waals surface area contributed by atoms with E-state index < -0.39 is 0 Å². The number of rotatable bonds is 2. The van der Waals surface area contributed by atoms with Crippen LogP contribution in [0.4, 0.5) is 0 Å². The number of aromatic nitrogens is 3.